The van der Waals surface area contributed by atoms with Crippen molar-refractivity contribution in [2.24, 2.45) is 0 Å². The van der Waals surface area contributed by atoms with Crippen molar-refractivity contribution < 1.29 is 9.47 Å². The minimum atomic E-state index is 0.509. The van der Waals surface area contributed by atoms with Gasteiger partial charge in [0.1, 0.15) is 0 Å². The molecule has 3 aliphatic rings. The summed E-state index contributed by atoms with van der Waals surface area (Å²) < 4.78 is 14.5. The Balaban J connectivity index is 1.35. The molecule has 0 amide bonds. The summed E-state index contributed by atoms with van der Waals surface area (Å²) in [7, 11) is 0. The first-order valence-corrected chi connectivity index (χ1v) is 11.8. The molecule has 22 heavy (non-hydrogen) atoms. The van der Waals surface area contributed by atoms with Gasteiger partial charge in [-0.1, -0.05) is 45.2 Å². The maximum Gasteiger partial charge on any atom is 0.0588 e. The monoisotopic (exact) mass is 532 g/mol. The molecule has 0 aromatic rings. The van der Waals surface area contributed by atoms with Crippen LogP contribution in [0.15, 0.2) is 0 Å². The van der Waals surface area contributed by atoms with Gasteiger partial charge < -0.3 is 9.47 Å². The molecule has 0 spiro atoms. The molecule has 0 radical (unpaired) electrons. The average Bonchev–Trinajstić information content (AvgIpc) is 2.49. The number of halogens is 2. The molecule has 0 aliphatic heterocycles. The summed E-state index contributed by atoms with van der Waals surface area (Å²) in [6.07, 6.45) is 17.6. The first-order chi connectivity index (χ1) is 10.7. The standard InChI is InChI=1S/C18H30I2O2/c19-13-3-1-5-17(11-13)21-15-7-9-16(10-8-15)22-18-6-2-4-14(20)12-18/h13-18H,1-12H2. The second kappa shape index (κ2) is 9.18. The van der Waals surface area contributed by atoms with Crippen LogP contribution < -0.4 is 0 Å². The van der Waals surface area contributed by atoms with Crippen LogP contribution in [-0.4, -0.2) is 32.3 Å². The van der Waals surface area contributed by atoms with E-state index in [4.69, 9.17) is 9.47 Å². The molecule has 4 heteroatoms. The number of alkyl halides is 2. The minimum Gasteiger partial charge on any atom is -0.375 e. The summed E-state index contributed by atoms with van der Waals surface area (Å²) in [5.74, 6) is 0. The number of ether oxygens (including phenoxy) is 2. The zero-order valence-electron chi connectivity index (χ0n) is 13.5. The Hall–Kier alpha value is 1.38. The van der Waals surface area contributed by atoms with E-state index in [1.54, 1.807) is 0 Å². The Morgan fingerprint density at radius 3 is 1.27 bits per heavy atom. The van der Waals surface area contributed by atoms with Gasteiger partial charge in [0.2, 0.25) is 0 Å². The van der Waals surface area contributed by atoms with Crippen molar-refractivity contribution in [1.82, 2.24) is 0 Å². The summed E-state index contributed by atoms with van der Waals surface area (Å²) in [4.78, 5) is 0. The summed E-state index contributed by atoms with van der Waals surface area (Å²) in [5.41, 5.74) is 0. The average molecular weight is 532 g/mol. The van der Waals surface area contributed by atoms with Crippen molar-refractivity contribution in [1.29, 1.82) is 0 Å². The van der Waals surface area contributed by atoms with E-state index in [0.717, 1.165) is 7.85 Å². The highest BCUT2D eigenvalue weighted by molar-refractivity contribution is 14.1. The second-order valence-electron chi connectivity index (χ2n) is 7.44. The van der Waals surface area contributed by atoms with Crippen LogP contribution in [0.3, 0.4) is 0 Å². The third-order valence-corrected chi connectivity index (χ3v) is 7.78. The molecule has 4 unspecified atom stereocenters. The molecule has 0 aromatic heterocycles. The molecule has 0 aromatic carbocycles. The van der Waals surface area contributed by atoms with Crippen LogP contribution in [0.1, 0.15) is 77.0 Å². The van der Waals surface area contributed by atoms with Crippen molar-refractivity contribution in [3.63, 3.8) is 0 Å². The van der Waals surface area contributed by atoms with E-state index >= 15 is 0 Å². The molecule has 0 N–H and O–H groups in total. The molecular weight excluding hydrogens is 502 g/mol. The van der Waals surface area contributed by atoms with Gasteiger partial charge in [0.05, 0.1) is 24.4 Å². The number of hydrogen-bond acceptors (Lipinski definition) is 2. The lowest BCUT2D eigenvalue weighted by Gasteiger charge is -2.36. The largest absolute Gasteiger partial charge is 0.375 e. The normalized spacial score (nSPS) is 43.9. The second-order valence-corrected chi connectivity index (χ2v) is 11.0. The fourth-order valence-corrected chi connectivity index (χ4v) is 6.29. The summed E-state index contributed by atoms with van der Waals surface area (Å²) in [6.45, 7) is 0. The van der Waals surface area contributed by atoms with Gasteiger partial charge in [-0.3, -0.25) is 0 Å². The Labute approximate surface area is 163 Å². The fraction of sp³-hybridized carbons (Fsp3) is 1.00. The van der Waals surface area contributed by atoms with E-state index in [9.17, 15) is 0 Å². The predicted octanol–water partition coefficient (Wildman–Crippen LogP) is 5.82. The molecule has 3 saturated carbocycles. The molecule has 2 nitrogen and oxygen atoms in total. The van der Waals surface area contributed by atoms with Crippen LogP contribution in [-0.2, 0) is 9.47 Å². The van der Waals surface area contributed by atoms with Gasteiger partial charge >= 0.3 is 0 Å². The van der Waals surface area contributed by atoms with Crippen LogP contribution >= 0.6 is 45.2 Å². The lowest BCUT2D eigenvalue weighted by atomic mass is 9.92. The van der Waals surface area contributed by atoms with Gasteiger partial charge in [-0.2, -0.15) is 0 Å². The molecule has 0 bridgehead atoms. The first kappa shape index (κ1) is 18.2. The zero-order valence-corrected chi connectivity index (χ0v) is 17.8. The van der Waals surface area contributed by atoms with Crippen LogP contribution in [0.2, 0.25) is 0 Å². The Morgan fingerprint density at radius 1 is 0.500 bits per heavy atom. The third kappa shape index (κ3) is 5.73. The molecular formula is C18H30I2O2. The Kier molecular flexibility index (Phi) is 7.59. The van der Waals surface area contributed by atoms with Crippen LogP contribution in [0.5, 0.6) is 0 Å². The maximum absolute atomic E-state index is 6.40. The lowest BCUT2D eigenvalue weighted by molar-refractivity contribution is -0.0905. The van der Waals surface area contributed by atoms with Crippen LogP contribution in [0, 0.1) is 0 Å². The van der Waals surface area contributed by atoms with Gasteiger partial charge in [-0.05, 0) is 77.0 Å². The van der Waals surface area contributed by atoms with Crippen molar-refractivity contribution in [2.45, 2.75) is 109 Å². The SMILES string of the molecule is IC1CCCC(OC2CCC(OC3CCCC(I)C3)CC2)C1. The highest BCUT2D eigenvalue weighted by Gasteiger charge is 2.29. The van der Waals surface area contributed by atoms with Gasteiger partial charge in [-0.15, -0.1) is 0 Å². The zero-order chi connectivity index (χ0) is 15.4. The van der Waals surface area contributed by atoms with E-state index in [1.165, 1.54) is 77.0 Å². The van der Waals surface area contributed by atoms with Crippen LogP contribution in [0.25, 0.3) is 0 Å². The molecule has 3 fully saturated rings. The fourth-order valence-electron chi connectivity index (χ4n) is 4.27. The van der Waals surface area contributed by atoms with E-state index in [1.807, 2.05) is 0 Å². The van der Waals surface area contributed by atoms with Crippen molar-refractivity contribution in [3.05, 3.63) is 0 Å². The highest BCUT2D eigenvalue weighted by Crippen LogP contribution is 2.33. The Morgan fingerprint density at radius 2 is 0.909 bits per heavy atom. The quantitative estimate of drug-likeness (QED) is 0.336. The first-order valence-electron chi connectivity index (χ1n) is 9.28. The number of hydrogen-bond donors (Lipinski definition) is 0. The molecule has 3 rings (SSSR count). The molecule has 3 aliphatic carbocycles. The highest BCUT2D eigenvalue weighted by atomic mass is 127. The van der Waals surface area contributed by atoms with E-state index in [-0.39, 0.29) is 0 Å². The van der Waals surface area contributed by atoms with Crippen LogP contribution in [0.4, 0.5) is 0 Å². The summed E-state index contributed by atoms with van der Waals surface area (Å²) >= 11 is 5.20. The van der Waals surface area contributed by atoms with Gasteiger partial charge in [0, 0.05) is 7.85 Å². The molecule has 4 atom stereocenters. The Bertz CT molecular complexity index is 299. The predicted molar refractivity (Wildman–Crippen MR) is 108 cm³/mol. The van der Waals surface area contributed by atoms with Crippen molar-refractivity contribution in [3.8, 4) is 0 Å². The summed E-state index contributed by atoms with van der Waals surface area (Å²) in [6, 6.07) is 0. The van der Waals surface area contributed by atoms with Crippen molar-refractivity contribution >= 4 is 45.2 Å². The molecule has 0 heterocycles. The van der Waals surface area contributed by atoms with E-state index < -0.39 is 0 Å². The molecule has 128 valence electrons. The molecule has 0 saturated heterocycles. The minimum absolute atomic E-state index is 0.509. The smallest absolute Gasteiger partial charge is 0.0588 e. The van der Waals surface area contributed by atoms with Gasteiger partial charge in [-0.25, -0.2) is 0 Å². The topological polar surface area (TPSA) is 18.5 Å². The van der Waals surface area contributed by atoms with E-state index in [2.05, 4.69) is 45.2 Å². The van der Waals surface area contributed by atoms with E-state index in [0.29, 0.717) is 24.4 Å². The third-order valence-electron chi connectivity index (χ3n) is 5.52. The van der Waals surface area contributed by atoms with Crippen molar-refractivity contribution in [2.75, 3.05) is 0 Å². The maximum atomic E-state index is 6.40. The summed E-state index contributed by atoms with van der Waals surface area (Å²) in [5, 5.41) is 0. The number of rotatable bonds is 4. The lowest BCUT2D eigenvalue weighted by Crippen LogP contribution is -2.34. The van der Waals surface area contributed by atoms with Gasteiger partial charge in [0.15, 0.2) is 0 Å². The van der Waals surface area contributed by atoms with Gasteiger partial charge in [0.25, 0.3) is 0 Å².